The van der Waals surface area contributed by atoms with Gasteiger partial charge in [-0.25, -0.2) is 19.2 Å². The summed E-state index contributed by atoms with van der Waals surface area (Å²) in [4.78, 5) is 49.1. The highest BCUT2D eigenvalue weighted by Crippen LogP contribution is 2.19. The van der Waals surface area contributed by atoms with Crippen LogP contribution < -0.4 is 21.3 Å². The van der Waals surface area contributed by atoms with E-state index in [0.717, 1.165) is 5.56 Å². The third-order valence-corrected chi connectivity index (χ3v) is 4.72. The lowest BCUT2D eigenvalue weighted by molar-refractivity contribution is -0.121. The van der Waals surface area contributed by atoms with Gasteiger partial charge in [-0.2, -0.15) is 0 Å². The monoisotopic (exact) mass is 438 g/mol. The van der Waals surface area contributed by atoms with E-state index in [9.17, 15) is 18.8 Å². The molecule has 0 saturated heterocycles. The molecule has 0 aliphatic carbocycles. The number of halogens is 1. The third-order valence-electron chi connectivity index (χ3n) is 4.72. The Morgan fingerprint density at radius 1 is 1.16 bits per heavy atom. The molecule has 164 valence electrons. The van der Waals surface area contributed by atoms with Gasteiger partial charge in [0, 0.05) is 38.7 Å². The second-order valence-corrected chi connectivity index (χ2v) is 7.04. The highest BCUT2D eigenvalue weighted by atomic mass is 19.1. The number of carbonyl (C=O) groups is 1. The molecule has 10 nitrogen and oxygen atoms in total. The number of amides is 1. The number of aromatic nitrogens is 5. The maximum Gasteiger partial charge on any atom is 0.329 e. The van der Waals surface area contributed by atoms with E-state index in [2.05, 4.69) is 25.3 Å². The molecule has 4 aromatic rings. The zero-order chi connectivity index (χ0) is 22.7. The first-order chi connectivity index (χ1) is 15.4. The summed E-state index contributed by atoms with van der Waals surface area (Å²) in [5.41, 5.74) is 0.0985. The van der Waals surface area contributed by atoms with Gasteiger partial charge in [-0.15, -0.1) is 0 Å². The van der Waals surface area contributed by atoms with Crippen LogP contribution in [0.4, 0.5) is 4.39 Å². The number of H-pyrrole nitrogens is 2. The number of hydrogen-bond donors (Lipinski definition) is 3. The number of hydrogen-bond acceptors (Lipinski definition) is 6. The summed E-state index contributed by atoms with van der Waals surface area (Å²) in [5, 5.41) is 2.78. The summed E-state index contributed by atoms with van der Waals surface area (Å²) in [6, 6.07) is 9.01. The summed E-state index contributed by atoms with van der Waals surface area (Å²) >= 11 is 0. The average molecular weight is 438 g/mol. The second-order valence-electron chi connectivity index (χ2n) is 7.04. The Kier molecular flexibility index (Phi) is 5.79. The van der Waals surface area contributed by atoms with E-state index in [-0.39, 0.29) is 42.3 Å². The van der Waals surface area contributed by atoms with Gasteiger partial charge in [-0.3, -0.25) is 19.1 Å². The van der Waals surface area contributed by atoms with Crippen molar-refractivity contribution in [3.8, 4) is 11.6 Å². The van der Waals surface area contributed by atoms with Crippen LogP contribution in [0.15, 0.2) is 52.2 Å². The number of ether oxygens (including phenoxy) is 1. The summed E-state index contributed by atoms with van der Waals surface area (Å²) in [7, 11) is 1.50. The largest absolute Gasteiger partial charge is 0.439 e. The van der Waals surface area contributed by atoms with Gasteiger partial charge in [-0.1, -0.05) is 6.07 Å². The Hall–Kier alpha value is -4.28. The first kappa shape index (κ1) is 21.0. The Bertz CT molecular complexity index is 1370. The first-order valence-electron chi connectivity index (χ1n) is 9.72. The quantitative estimate of drug-likeness (QED) is 0.401. The minimum absolute atomic E-state index is 0.144. The summed E-state index contributed by atoms with van der Waals surface area (Å²) in [6.45, 7) is 0.275. The predicted molar refractivity (Wildman–Crippen MR) is 113 cm³/mol. The van der Waals surface area contributed by atoms with Crippen LogP contribution in [0.25, 0.3) is 11.2 Å². The molecule has 0 atom stereocenters. The van der Waals surface area contributed by atoms with Crippen LogP contribution in [0.5, 0.6) is 11.6 Å². The zero-order valence-electron chi connectivity index (χ0n) is 17.0. The molecule has 1 amide bonds. The molecule has 0 saturated carbocycles. The lowest BCUT2D eigenvalue weighted by Gasteiger charge is -2.07. The van der Waals surface area contributed by atoms with E-state index in [1.54, 1.807) is 18.3 Å². The maximum absolute atomic E-state index is 12.9. The van der Waals surface area contributed by atoms with Crippen molar-refractivity contribution >= 4 is 17.1 Å². The van der Waals surface area contributed by atoms with Crippen molar-refractivity contribution in [2.75, 3.05) is 0 Å². The van der Waals surface area contributed by atoms with E-state index in [1.165, 1.54) is 35.9 Å². The van der Waals surface area contributed by atoms with Gasteiger partial charge in [0.05, 0.1) is 0 Å². The summed E-state index contributed by atoms with van der Waals surface area (Å²) in [5.74, 6) is 0.690. The Morgan fingerprint density at radius 3 is 2.66 bits per heavy atom. The van der Waals surface area contributed by atoms with Gasteiger partial charge in [0.15, 0.2) is 5.65 Å². The highest BCUT2D eigenvalue weighted by Gasteiger charge is 2.12. The molecular formula is C21H19FN6O4. The molecule has 0 unspecified atom stereocenters. The van der Waals surface area contributed by atoms with Crippen molar-refractivity contribution in [1.29, 1.82) is 0 Å². The summed E-state index contributed by atoms with van der Waals surface area (Å²) in [6.07, 6.45) is 1.99. The lowest BCUT2D eigenvalue weighted by atomic mass is 10.2. The lowest BCUT2D eigenvalue weighted by Crippen LogP contribution is -2.28. The maximum atomic E-state index is 12.9. The molecule has 32 heavy (non-hydrogen) atoms. The molecule has 1 aromatic carbocycles. The molecule has 3 N–H and O–H groups in total. The Morgan fingerprint density at radius 2 is 1.94 bits per heavy atom. The SMILES string of the molecule is Cn1c(=O)[nH]c(=O)c2[nH]c(CCC(=O)NCc3ccc(Oc4ccc(F)cc4)nc3)nc21. The fourth-order valence-corrected chi connectivity index (χ4v) is 2.99. The van der Waals surface area contributed by atoms with Crippen molar-refractivity contribution in [1.82, 2.24) is 29.8 Å². The van der Waals surface area contributed by atoms with Crippen molar-refractivity contribution < 1.29 is 13.9 Å². The zero-order valence-corrected chi connectivity index (χ0v) is 17.0. The van der Waals surface area contributed by atoms with Crippen molar-refractivity contribution in [3.63, 3.8) is 0 Å². The van der Waals surface area contributed by atoms with Crippen molar-refractivity contribution in [2.45, 2.75) is 19.4 Å². The van der Waals surface area contributed by atoms with Crippen LogP contribution in [-0.2, 0) is 24.8 Å². The number of benzene rings is 1. The van der Waals surface area contributed by atoms with Crippen LogP contribution in [0.1, 0.15) is 17.8 Å². The van der Waals surface area contributed by atoms with Crippen LogP contribution in [0.3, 0.4) is 0 Å². The smallest absolute Gasteiger partial charge is 0.329 e. The fourth-order valence-electron chi connectivity index (χ4n) is 2.99. The van der Waals surface area contributed by atoms with Crippen LogP contribution in [-0.4, -0.2) is 30.4 Å². The van der Waals surface area contributed by atoms with Crippen LogP contribution in [0, 0.1) is 5.82 Å². The number of rotatable bonds is 7. The van der Waals surface area contributed by atoms with Gasteiger partial charge in [-0.05, 0) is 29.8 Å². The first-order valence-corrected chi connectivity index (χ1v) is 9.72. The Labute approximate surface area is 180 Å². The summed E-state index contributed by atoms with van der Waals surface area (Å²) < 4.78 is 19.7. The van der Waals surface area contributed by atoms with E-state index >= 15 is 0 Å². The molecule has 3 heterocycles. The molecular weight excluding hydrogens is 419 g/mol. The van der Waals surface area contributed by atoms with E-state index in [0.29, 0.717) is 17.5 Å². The third kappa shape index (κ3) is 4.72. The number of fused-ring (bicyclic) bond motifs is 1. The number of nitrogens with one attached hydrogen (secondary N) is 3. The molecule has 0 bridgehead atoms. The van der Waals surface area contributed by atoms with Gasteiger partial charge < -0.3 is 15.0 Å². The average Bonchev–Trinajstić information content (AvgIpc) is 3.22. The fraction of sp³-hybridized carbons (Fsp3) is 0.190. The normalized spacial score (nSPS) is 10.9. The Balaban J connectivity index is 1.29. The molecule has 0 aliphatic rings. The van der Waals surface area contributed by atoms with Gasteiger partial charge in [0.1, 0.15) is 22.9 Å². The minimum atomic E-state index is -0.555. The second kappa shape index (κ2) is 8.84. The molecule has 4 rings (SSSR count). The topological polar surface area (TPSA) is 135 Å². The standard InChI is InChI=1S/C21H19FN6O4/c1-28-19-18(20(30)27-21(28)31)25-15(26-19)7-8-16(29)23-10-12-2-9-17(24-11-12)32-14-5-3-13(22)4-6-14/h2-6,9,11H,7-8,10H2,1H3,(H,23,29)(H,25,26)(H,27,30,31). The van der Waals surface area contributed by atoms with Crippen molar-refractivity contribution in [3.05, 3.63) is 80.6 Å². The molecule has 0 spiro atoms. The van der Waals surface area contributed by atoms with Gasteiger partial charge in [0.2, 0.25) is 11.8 Å². The van der Waals surface area contributed by atoms with Crippen LogP contribution in [0.2, 0.25) is 0 Å². The molecule has 0 fully saturated rings. The number of imidazole rings is 1. The number of carbonyl (C=O) groups excluding carboxylic acids is 1. The highest BCUT2D eigenvalue weighted by molar-refractivity contribution is 5.76. The molecule has 11 heteroatoms. The van der Waals surface area contributed by atoms with Crippen LogP contribution >= 0.6 is 0 Å². The predicted octanol–water partition coefficient (Wildman–Crippen LogP) is 1.53. The molecule has 3 aromatic heterocycles. The van der Waals surface area contributed by atoms with E-state index < -0.39 is 11.2 Å². The van der Waals surface area contributed by atoms with Crippen molar-refractivity contribution in [2.24, 2.45) is 7.05 Å². The number of aryl methyl sites for hydroxylation is 2. The number of aromatic amines is 2. The van der Waals surface area contributed by atoms with E-state index in [1.807, 2.05) is 0 Å². The molecule has 0 aliphatic heterocycles. The van der Waals surface area contributed by atoms with Gasteiger partial charge in [0.25, 0.3) is 5.56 Å². The van der Waals surface area contributed by atoms with E-state index in [4.69, 9.17) is 4.74 Å². The minimum Gasteiger partial charge on any atom is -0.439 e. The number of nitrogens with zero attached hydrogens (tertiary/aromatic N) is 3. The molecule has 0 radical (unpaired) electrons. The van der Waals surface area contributed by atoms with Gasteiger partial charge >= 0.3 is 5.69 Å². The number of pyridine rings is 1.